The zero-order valence-electron chi connectivity index (χ0n) is 13.5. The monoisotopic (exact) mass is 336 g/mol. The van der Waals surface area contributed by atoms with Gasteiger partial charge in [-0.05, 0) is 45.0 Å². The van der Waals surface area contributed by atoms with Crippen molar-refractivity contribution >= 4 is 29.3 Å². The summed E-state index contributed by atoms with van der Waals surface area (Å²) in [5, 5.41) is 5.28. The molecule has 0 aromatic heterocycles. The van der Waals surface area contributed by atoms with Crippen molar-refractivity contribution in [1.29, 1.82) is 0 Å². The molecule has 0 heterocycles. The molecule has 0 spiro atoms. The summed E-state index contributed by atoms with van der Waals surface area (Å²) >= 11 is 5.42. The van der Waals surface area contributed by atoms with Gasteiger partial charge in [-0.3, -0.25) is 4.79 Å². The van der Waals surface area contributed by atoms with Gasteiger partial charge in [-0.15, -0.1) is 11.6 Å². The molecule has 0 atom stereocenters. The molecule has 124 valence electrons. The summed E-state index contributed by atoms with van der Waals surface area (Å²) in [6, 6.07) is 7.12. The van der Waals surface area contributed by atoms with Gasteiger partial charge in [0.2, 0.25) is 5.91 Å². The fourth-order valence-electron chi connectivity index (χ4n) is 1.54. The average molecular weight is 337 g/mol. The van der Waals surface area contributed by atoms with Crippen LogP contribution in [0.15, 0.2) is 24.3 Å². The molecule has 1 aromatic rings. The number of rotatable bonds is 4. The molecule has 5 nitrogen and oxygen atoms in total. The minimum Gasteiger partial charge on any atom is -0.444 e. The molecular weight excluding hydrogens is 316 g/mol. The Labute approximate surface area is 141 Å². The Morgan fingerprint density at radius 3 is 2.43 bits per heavy atom. The quantitative estimate of drug-likeness (QED) is 0.504. The Morgan fingerprint density at radius 2 is 1.87 bits per heavy atom. The second-order valence-corrected chi connectivity index (χ2v) is 6.01. The van der Waals surface area contributed by atoms with Crippen molar-refractivity contribution in [3.8, 4) is 11.8 Å². The lowest BCUT2D eigenvalue weighted by molar-refractivity contribution is -0.113. The molecule has 1 rings (SSSR count). The van der Waals surface area contributed by atoms with Crippen LogP contribution in [-0.2, 0) is 9.53 Å². The van der Waals surface area contributed by atoms with Crippen molar-refractivity contribution < 1.29 is 14.3 Å². The molecule has 2 N–H and O–H groups in total. The van der Waals surface area contributed by atoms with Crippen LogP contribution in [0.5, 0.6) is 0 Å². The highest BCUT2D eigenvalue weighted by atomic mass is 35.5. The van der Waals surface area contributed by atoms with Crippen molar-refractivity contribution in [3.63, 3.8) is 0 Å². The maximum absolute atomic E-state index is 11.4. The molecule has 0 saturated carbocycles. The topological polar surface area (TPSA) is 67.4 Å². The van der Waals surface area contributed by atoms with E-state index in [4.69, 9.17) is 16.3 Å². The van der Waals surface area contributed by atoms with Crippen LogP contribution in [0.3, 0.4) is 0 Å². The van der Waals surface area contributed by atoms with Gasteiger partial charge in [-0.25, -0.2) is 4.79 Å². The second kappa shape index (κ2) is 9.06. The molecule has 0 aliphatic rings. The number of halogens is 1. The Balaban J connectivity index is 2.36. The van der Waals surface area contributed by atoms with Gasteiger partial charge in [0.05, 0.1) is 0 Å². The molecule has 0 aliphatic carbocycles. The van der Waals surface area contributed by atoms with Crippen LogP contribution < -0.4 is 10.6 Å². The van der Waals surface area contributed by atoms with E-state index < -0.39 is 11.7 Å². The standard InChI is InChI=1S/C17H21ClN2O3/c1-17(2,3)23-16(22)19-11-5-4-6-13-7-9-14(10-8-13)20-15(21)12-18/h7-10H,5,11-12H2,1-3H3,(H,19,22)(H,20,21). The minimum atomic E-state index is -0.504. The van der Waals surface area contributed by atoms with E-state index in [0.717, 1.165) is 5.56 Å². The first-order valence-electron chi connectivity index (χ1n) is 7.22. The lowest BCUT2D eigenvalue weighted by Gasteiger charge is -2.19. The highest BCUT2D eigenvalue weighted by Crippen LogP contribution is 2.09. The van der Waals surface area contributed by atoms with Gasteiger partial charge in [0.15, 0.2) is 0 Å². The van der Waals surface area contributed by atoms with Crippen molar-refractivity contribution in [2.24, 2.45) is 0 Å². The van der Waals surface area contributed by atoms with Gasteiger partial charge in [-0.2, -0.15) is 0 Å². The molecule has 23 heavy (non-hydrogen) atoms. The van der Waals surface area contributed by atoms with Gasteiger partial charge in [-0.1, -0.05) is 11.8 Å². The maximum Gasteiger partial charge on any atom is 0.407 e. The van der Waals surface area contributed by atoms with Gasteiger partial charge in [0.25, 0.3) is 0 Å². The molecule has 0 unspecified atom stereocenters. The summed E-state index contributed by atoms with van der Waals surface area (Å²) in [5.41, 5.74) is 0.995. The second-order valence-electron chi connectivity index (χ2n) is 5.74. The van der Waals surface area contributed by atoms with Gasteiger partial charge >= 0.3 is 6.09 Å². The van der Waals surface area contributed by atoms with Crippen LogP contribution in [-0.4, -0.2) is 30.0 Å². The molecule has 0 fully saturated rings. The molecular formula is C17H21ClN2O3. The number of alkyl carbamates (subject to hydrolysis) is 1. The van der Waals surface area contributed by atoms with Crippen molar-refractivity contribution in [2.45, 2.75) is 32.8 Å². The normalized spacial score (nSPS) is 10.3. The summed E-state index contributed by atoms with van der Waals surface area (Å²) in [5.74, 6) is 5.61. The van der Waals surface area contributed by atoms with E-state index in [1.807, 2.05) is 20.8 Å². The van der Waals surface area contributed by atoms with E-state index in [-0.39, 0.29) is 11.8 Å². The van der Waals surface area contributed by atoms with E-state index in [1.54, 1.807) is 24.3 Å². The van der Waals surface area contributed by atoms with Crippen molar-refractivity contribution in [1.82, 2.24) is 5.32 Å². The zero-order valence-corrected chi connectivity index (χ0v) is 14.3. The van der Waals surface area contributed by atoms with Crippen molar-refractivity contribution in [2.75, 3.05) is 17.7 Å². The molecule has 0 aliphatic heterocycles. The van der Waals surface area contributed by atoms with E-state index >= 15 is 0 Å². The molecule has 1 aromatic carbocycles. The minimum absolute atomic E-state index is 0.0772. The van der Waals surface area contributed by atoms with Crippen LogP contribution in [0.4, 0.5) is 10.5 Å². The number of hydrogen-bond donors (Lipinski definition) is 2. The predicted molar refractivity (Wildman–Crippen MR) is 91.5 cm³/mol. The Bertz CT molecular complexity index is 595. The van der Waals surface area contributed by atoms with E-state index in [0.29, 0.717) is 18.7 Å². The first-order valence-corrected chi connectivity index (χ1v) is 7.75. The summed E-state index contributed by atoms with van der Waals surface area (Å²) in [7, 11) is 0. The first kappa shape index (κ1) is 18.9. The summed E-state index contributed by atoms with van der Waals surface area (Å²) in [6.45, 7) is 5.86. The first-order chi connectivity index (χ1) is 10.8. The predicted octanol–water partition coefficient (Wildman–Crippen LogP) is 3.13. The molecule has 2 amide bonds. The highest BCUT2D eigenvalue weighted by Gasteiger charge is 2.15. The number of benzene rings is 1. The van der Waals surface area contributed by atoms with E-state index in [2.05, 4.69) is 22.5 Å². The van der Waals surface area contributed by atoms with Crippen LogP contribution in [0.2, 0.25) is 0 Å². The smallest absolute Gasteiger partial charge is 0.407 e. The van der Waals surface area contributed by atoms with Crippen LogP contribution >= 0.6 is 11.6 Å². The van der Waals surface area contributed by atoms with Gasteiger partial charge in [0.1, 0.15) is 11.5 Å². The average Bonchev–Trinajstić information content (AvgIpc) is 2.46. The van der Waals surface area contributed by atoms with E-state index in [1.165, 1.54) is 0 Å². The number of hydrogen-bond acceptors (Lipinski definition) is 3. The van der Waals surface area contributed by atoms with Crippen molar-refractivity contribution in [3.05, 3.63) is 29.8 Å². The Hall–Kier alpha value is -2.19. The number of amides is 2. The molecule has 0 saturated heterocycles. The SMILES string of the molecule is CC(C)(C)OC(=O)NCCC#Cc1ccc(NC(=O)CCl)cc1. The molecule has 0 radical (unpaired) electrons. The third kappa shape index (κ3) is 8.74. The number of alkyl halides is 1. The summed E-state index contributed by atoms with van der Waals surface area (Å²) in [4.78, 5) is 22.6. The van der Waals surface area contributed by atoms with Crippen LogP contribution in [0.25, 0.3) is 0 Å². The lowest BCUT2D eigenvalue weighted by atomic mass is 10.2. The third-order valence-corrected chi connectivity index (χ3v) is 2.68. The number of ether oxygens (including phenoxy) is 1. The summed E-state index contributed by atoms with van der Waals surface area (Å²) in [6.07, 6.45) is 0.0722. The summed E-state index contributed by atoms with van der Waals surface area (Å²) < 4.78 is 5.11. The zero-order chi connectivity index (χ0) is 17.3. The van der Waals surface area contributed by atoms with Crippen LogP contribution in [0.1, 0.15) is 32.8 Å². The third-order valence-electron chi connectivity index (χ3n) is 2.44. The Kier molecular flexibility index (Phi) is 7.43. The molecule has 0 bridgehead atoms. The highest BCUT2D eigenvalue weighted by molar-refractivity contribution is 6.29. The number of carbonyl (C=O) groups excluding carboxylic acids is 2. The number of carbonyl (C=O) groups is 2. The molecule has 6 heteroatoms. The number of anilines is 1. The lowest BCUT2D eigenvalue weighted by Crippen LogP contribution is -2.32. The fraction of sp³-hybridized carbons (Fsp3) is 0.412. The largest absolute Gasteiger partial charge is 0.444 e. The Morgan fingerprint density at radius 1 is 1.22 bits per heavy atom. The van der Waals surface area contributed by atoms with Gasteiger partial charge in [0, 0.05) is 24.2 Å². The van der Waals surface area contributed by atoms with Gasteiger partial charge < -0.3 is 15.4 Å². The number of nitrogens with one attached hydrogen (secondary N) is 2. The maximum atomic E-state index is 11.4. The van der Waals surface area contributed by atoms with Crippen LogP contribution in [0, 0.1) is 11.8 Å². The fourth-order valence-corrected chi connectivity index (χ4v) is 1.60. The van der Waals surface area contributed by atoms with E-state index in [9.17, 15) is 9.59 Å².